The van der Waals surface area contributed by atoms with Crippen LogP contribution in [0.15, 0.2) is 52.9 Å². The van der Waals surface area contributed by atoms with E-state index in [4.69, 9.17) is 16.0 Å². The van der Waals surface area contributed by atoms with Crippen molar-refractivity contribution in [1.29, 1.82) is 0 Å². The molecule has 2 aromatic carbocycles. The quantitative estimate of drug-likeness (QED) is 0.756. The van der Waals surface area contributed by atoms with Gasteiger partial charge < -0.3 is 9.73 Å². The van der Waals surface area contributed by atoms with Crippen LogP contribution in [0.4, 0.5) is 10.1 Å². The number of nitrogens with zero attached hydrogens (tertiary/aromatic N) is 2. The lowest BCUT2D eigenvalue weighted by Gasteiger charge is -2.05. The van der Waals surface area contributed by atoms with Gasteiger partial charge in [0.1, 0.15) is 5.82 Å². The number of carbonyl (C=O) groups excluding carboxylic acids is 1. The summed E-state index contributed by atoms with van der Waals surface area (Å²) in [6, 6.07) is 13.4. The van der Waals surface area contributed by atoms with Crippen molar-refractivity contribution >= 4 is 23.2 Å². The number of amides is 1. The summed E-state index contributed by atoms with van der Waals surface area (Å²) in [5, 5.41) is 10.5. The third-order valence-electron chi connectivity index (χ3n) is 3.26. The molecule has 0 saturated heterocycles. The Balaban J connectivity index is 1.56. The van der Waals surface area contributed by atoms with Crippen LogP contribution >= 0.6 is 11.6 Å². The van der Waals surface area contributed by atoms with E-state index >= 15 is 0 Å². The van der Waals surface area contributed by atoms with E-state index in [0.29, 0.717) is 23.9 Å². The highest BCUT2D eigenvalue weighted by molar-refractivity contribution is 6.31. The van der Waals surface area contributed by atoms with Crippen molar-refractivity contribution in [2.75, 3.05) is 5.32 Å². The Morgan fingerprint density at radius 1 is 1.17 bits per heavy atom. The number of benzene rings is 2. The second-order valence-corrected chi connectivity index (χ2v) is 5.45. The number of anilines is 1. The van der Waals surface area contributed by atoms with E-state index in [1.165, 1.54) is 18.2 Å². The van der Waals surface area contributed by atoms with Crippen LogP contribution in [0.3, 0.4) is 0 Å². The summed E-state index contributed by atoms with van der Waals surface area (Å²) in [4.78, 5) is 11.9. The van der Waals surface area contributed by atoms with Gasteiger partial charge in [-0.15, -0.1) is 10.2 Å². The Bertz CT molecular complexity index is 852. The summed E-state index contributed by atoms with van der Waals surface area (Å²) >= 11 is 5.67. The fraction of sp³-hybridized carbons (Fsp3) is 0.118. The lowest BCUT2D eigenvalue weighted by Crippen LogP contribution is -2.12. The van der Waals surface area contributed by atoms with Crippen LogP contribution in [-0.4, -0.2) is 16.1 Å². The van der Waals surface area contributed by atoms with E-state index in [1.807, 2.05) is 30.3 Å². The highest BCUT2D eigenvalue weighted by atomic mass is 35.5. The fourth-order valence-corrected chi connectivity index (χ4v) is 2.25. The molecule has 0 aliphatic carbocycles. The zero-order valence-electron chi connectivity index (χ0n) is 12.5. The van der Waals surface area contributed by atoms with Gasteiger partial charge in [0.25, 0.3) is 0 Å². The molecule has 5 nitrogen and oxygen atoms in total. The smallest absolute Gasteiger partial charge is 0.247 e. The first-order chi connectivity index (χ1) is 11.6. The second-order valence-electron chi connectivity index (χ2n) is 5.04. The molecule has 0 atom stereocenters. The minimum atomic E-state index is -0.533. The van der Waals surface area contributed by atoms with Crippen molar-refractivity contribution < 1.29 is 13.6 Å². The van der Waals surface area contributed by atoms with Gasteiger partial charge in [-0.05, 0) is 30.3 Å². The second kappa shape index (κ2) is 7.23. The number of nitrogens with one attached hydrogen (secondary N) is 1. The van der Waals surface area contributed by atoms with E-state index in [9.17, 15) is 9.18 Å². The maximum atomic E-state index is 13.1. The molecular weight excluding hydrogens is 333 g/mol. The molecule has 1 amide bonds. The van der Waals surface area contributed by atoms with Gasteiger partial charge in [0.2, 0.25) is 17.7 Å². The number of carbonyl (C=O) groups is 1. The molecule has 3 aromatic rings. The van der Waals surface area contributed by atoms with E-state index in [-0.39, 0.29) is 17.4 Å². The number of aromatic nitrogens is 2. The van der Waals surface area contributed by atoms with Gasteiger partial charge in [0, 0.05) is 24.1 Å². The lowest BCUT2D eigenvalue weighted by molar-refractivity contribution is -0.116. The van der Waals surface area contributed by atoms with Crippen LogP contribution in [0, 0.1) is 5.82 Å². The van der Waals surface area contributed by atoms with Gasteiger partial charge in [-0.25, -0.2) is 4.39 Å². The summed E-state index contributed by atoms with van der Waals surface area (Å²) in [6.45, 7) is 0. The summed E-state index contributed by atoms with van der Waals surface area (Å²) in [6.07, 6.45) is 0.464. The molecule has 0 unspecified atom stereocenters. The number of halogens is 2. The largest absolute Gasteiger partial charge is 0.421 e. The Hall–Kier alpha value is -2.73. The van der Waals surface area contributed by atoms with E-state index in [1.54, 1.807) is 0 Å². The third-order valence-corrected chi connectivity index (χ3v) is 3.55. The van der Waals surface area contributed by atoms with E-state index in [0.717, 1.165) is 5.56 Å². The van der Waals surface area contributed by atoms with Crippen molar-refractivity contribution in [2.45, 2.75) is 12.8 Å². The van der Waals surface area contributed by atoms with Crippen LogP contribution in [0.5, 0.6) is 0 Å². The zero-order chi connectivity index (χ0) is 16.9. The van der Waals surface area contributed by atoms with Crippen molar-refractivity contribution in [3.63, 3.8) is 0 Å². The summed E-state index contributed by atoms with van der Waals surface area (Å²) in [7, 11) is 0. The first-order valence-corrected chi connectivity index (χ1v) is 7.62. The minimum Gasteiger partial charge on any atom is -0.421 e. The molecule has 0 bridgehead atoms. The summed E-state index contributed by atoms with van der Waals surface area (Å²) in [5.74, 6) is 0.00330. The van der Waals surface area contributed by atoms with Crippen LogP contribution < -0.4 is 5.32 Å². The molecule has 0 saturated carbocycles. The van der Waals surface area contributed by atoms with Gasteiger partial charge >= 0.3 is 0 Å². The molecule has 0 fully saturated rings. The average Bonchev–Trinajstić information content (AvgIpc) is 3.06. The van der Waals surface area contributed by atoms with E-state index in [2.05, 4.69) is 15.5 Å². The Labute approximate surface area is 142 Å². The Morgan fingerprint density at radius 3 is 2.71 bits per heavy atom. The van der Waals surface area contributed by atoms with Crippen LogP contribution in [0.1, 0.15) is 12.3 Å². The number of rotatable bonds is 5. The molecule has 24 heavy (non-hydrogen) atoms. The number of aryl methyl sites for hydroxylation is 1. The maximum Gasteiger partial charge on any atom is 0.247 e. The van der Waals surface area contributed by atoms with Crippen molar-refractivity contribution in [3.05, 3.63) is 65.3 Å². The van der Waals surface area contributed by atoms with Crippen molar-refractivity contribution in [2.24, 2.45) is 0 Å². The predicted octanol–water partition coefficient (Wildman–Crippen LogP) is 4.10. The molecule has 1 heterocycles. The molecule has 0 aliphatic heterocycles. The summed E-state index contributed by atoms with van der Waals surface area (Å²) in [5.41, 5.74) is 1.25. The van der Waals surface area contributed by atoms with Gasteiger partial charge in [0.05, 0.1) is 5.02 Å². The highest BCUT2D eigenvalue weighted by Gasteiger charge is 2.11. The maximum absolute atomic E-state index is 13.1. The first-order valence-electron chi connectivity index (χ1n) is 7.24. The Kier molecular flexibility index (Phi) is 4.86. The molecule has 122 valence electrons. The third kappa shape index (κ3) is 3.97. The Morgan fingerprint density at radius 2 is 1.96 bits per heavy atom. The topological polar surface area (TPSA) is 68.0 Å². The molecular formula is C17H13ClFN3O2. The van der Waals surface area contributed by atoms with Gasteiger partial charge in [0.15, 0.2) is 0 Å². The minimum absolute atomic E-state index is 0.0443. The highest BCUT2D eigenvalue weighted by Crippen LogP contribution is 2.20. The standard InChI is InChI=1S/C17H13ClFN3O2/c18-13-10-12(6-7-14(13)19)20-15(23)8-9-16-21-22-17(24-16)11-4-2-1-3-5-11/h1-7,10H,8-9H2,(H,20,23). The molecule has 0 radical (unpaired) electrons. The molecule has 1 N–H and O–H groups in total. The zero-order valence-corrected chi connectivity index (χ0v) is 13.3. The summed E-state index contributed by atoms with van der Waals surface area (Å²) < 4.78 is 18.6. The van der Waals surface area contributed by atoms with Gasteiger partial charge in [-0.2, -0.15) is 0 Å². The van der Waals surface area contributed by atoms with Crippen molar-refractivity contribution in [1.82, 2.24) is 10.2 Å². The van der Waals surface area contributed by atoms with Crippen LogP contribution in [0.2, 0.25) is 5.02 Å². The molecule has 3 rings (SSSR count). The molecule has 1 aromatic heterocycles. The van der Waals surface area contributed by atoms with Crippen molar-refractivity contribution in [3.8, 4) is 11.5 Å². The number of hydrogen-bond donors (Lipinski definition) is 1. The average molecular weight is 346 g/mol. The van der Waals surface area contributed by atoms with Crippen LogP contribution in [0.25, 0.3) is 11.5 Å². The van der Waals surface area contributed by atoms with Gasteiger partial charge in [-0.1, -0.05) is 29.8 Å². The number of hydrogen-bond acceptors (Lipinski definition) is 4. The first kappa shape index (κ1) is 16.1. The van der Waals surface area contributed by atoms with E-state index < -0.39 is 5.82 Å². The SMILES string of the molecule is O=C(CCc1nnc(-c2ccccc2)o1)Nc1ccc(F)c(Cl)c1. The van der Waals surface area contributed by atoms with Gasteiger partial charge in [-0.3, -0.25) is 4.79 Å². The normalized spacial score (nSPS) is 10.6. The molecule has 0 spiro atoms. The fourth-order valence-electron chi connectivity index (χ4n) is 2.07. The molecule has 0 aliphatic rings. The lowest BCUT2D eigenvalue weighted by atomic mass is 10.2. The monoisotopic (exact) mass is 345 g/mol. The predicted molar refractivity (Wildman–Crippen MR) is 88.1 cm³/mol. The molecule has 7 heteroatoms. The van der Waals surface area contributed by atoms with Crippen LogP contribution in [-0.2, 0) is 11.2 Å².